The molecule has 0 bridgehead atoms. The first-order valence-electron chi connectivity index (χ1n) is 5.99. The molecule has 0 aromatic carbocycles. The van der Waals surface area contributed by atoms with E-state index in [2.05, 4.69) is 10.3 Å². The van der Waals surface area contributed by atoms with Gasteiger partial charge in [-0.3, -0.25) is 4.98 Å². The Morgan fingerprint density at radius 3 is 2.74 bits per heavy atom. The van der Waals surface area contributed by atoms with E-state index in [1.165, 1.54) is 6.20 Å². The summed E-state index contributed by atoms with van der Waals surface area (Å²) >= 11 is 5.78. The second kappa shape index (κ2) is 6.61. The Hall–Kier alpha value is -1.49. The Kier molecular flexibility index (Phi) is 5.42. The highest BCUT2D eigenvalue weighted by Crippen LogP contribution is 2.15. The Labute approximate surface area is 118 Å². The van der Waals surface area contributed by atoms with Gasteiger partial charge in [0.15, 0.2) is 0 Å². The molecule has 5 nitrogen and oxygen atoms in total. The predicted octanol–water partition coefficient (Wildman–Crippen LogP) is 3.03. The van der Waals surface area contributed by atoms with E-state index < -0.39 is 11.7 Å². The van der Waals surface area contributed by atoms with Crippen LogP contribution in [0.5, 0.6) is 5.75 Å². The van der Waals surface area contributed by atoms with E-state index in [-0.39, 0.29) is 6.04 Å². The summed E-state index contributed by atoms with van der Waals surface area (Å²) in [5.74, 6) is 0.560. The van der Waals surface area contributed by atoms with Gasteiger partial charge in [-0.25, -0.2) is 4.79 Å². The van der Waals surface area contributed by atoms with Crippen LogP contribution in [0.3, 0.4) is 0 Å². The minimum absolute atomic E-state index is 0.186. The van der Waals surface area contributed by atoms with Crippen molar-refractivity contribution in [1.29, 1.82) is 0 Å². The lowest BCUT2D eigenvalue weighted by molar-refractivity contribution is 0.0494. The summed E-state index contributed by atoms with van der Waals surface area (Å²) in [5.41, 5.74) is -0.512. The number of carbonyl (C=O) groups excluding carboxylic acids is 1. The van der Waals surface area contributed by atoms with E-state index in [1.807, 2.05) is 27.7 Å². The number of carbonyl (C=O) groups is 1. The Morgan fingerprint density at radius 2 is 2.16 bits per heavy atom. The molecule has 1 amide bonds. The third-order valence-corrected chi connectivity index (χ3v) is 2.15. The van der Waals surface area contributed by atoms with Crippen LogP contribution in [0.1, 0.15) is 27.7 Å². The summed E-state index contributed by atoms with van der Waals surface area (Å²) < 4.78 is 10.6. The van der Waals surface area contributed by atoms with Crippen molar-refractivity contribution in [2.45, 2.75) is 39.3 Å². The van der Waals surface area contributed by atoms with Crippen LogP contribution in [0.4, 0.5) is 4.79 Å². The molecular formula is C13H19ClN2O3. The molecule has 1 aromatic heterocycles. The lowest BCUT2D eigenvalue weighted by Crippen LogP contribution is -2.40. The fourth-order valence-electron chi connectivity index (χ4n) is 1.24. The largest absolute Gasteiger partial charge is 0.490 e. The second-order valence-electron chi connectivity index (χ2n) is 5.20. The summed E-state index contributed by atoms with van der Waals surface area (Å²) in [6.07, 6.45) is 2.62. The number of halogens is 1. The van der Waals surface area contributed by atoms with Gasteiger partial charge in [0, 0.05) is 12.3 Å². The molecule has 0 saturated heterocycles. The standard InChI is InChI=1S/C13H19ClN2O3/c1-9(16-12(17)19-13(2,3)4)8-18-11-5-10(14)6-15-7-11/h5-7,9H,8H2,1-4H3,(H,16,17)/t9-/m0/s1. The number of nitrogens with one attached hydrogen (secondary N) is 1. The zero-order valence-electron chi connectivity index (χ0n) is 11.6. The molecule has 1 N–H and O–H groups in total. The van der Waals surface area contributed by atoms with Crippen molar-refractivity contribution in [3.8, 4) is 5.75 Å². The number of hydrogen-bond acceptors (Lipinski definition) is 4. The van der Waals surface area contributed by atoms with Gasteiger partial charge in [-0.1, -0.05) is 11.6 Å². The molecule has 0 radical (unpaired) electrons. The molecule has 6 heteroatoms. The molecule has 106 valence electrons. The quantitative estimate of drug-likeness (QED) is 0.924. The van der Waals surface area contributed by atoms with Crippen LogP contribution in [-0.4, -0.2) is 29.3 Å². The van der Waals surface area contributed by atoms with Crippen molar-refractivity contribution < 1.29 is 14.3 Å². The maximum Gasteiger partial charge on any atom is 0.407 e. The molecule has 1 atom stereocenters. The van der Waals surface area contributed by atoms with Crippen molar-refractivity contribution in [3.05, 3.63) is 23.5 Å². The molecule has 0 unspecified atom stereocenters. The van der Waals surface area contributed by atoms with Crippen LogP contribution in [0.25, 0.3) is 0 Å². The minimum Gasteiger partial charge on any atom is -0.490 e. The molecule has 0 fully saturated rings. The van der Waals surface area contributed by atoms with E-state index >= 15 is 0 Å². The van der Waals surface area contributed by atoms with Crippen molar-refractivity contribution in [3.63, 3.8) is 0 Å². The molecule has 0 aliphatic heterocycles. The van der Waals surface area contributed by atoms with Crippen LogP contribution in [0.2, 0.25) is 5.02 Å². The van der Waals surface area contributed by atoms with Crippen LogP contribution >= 0.6 is 11.6 Å². The molecule has 0 saturated carbocycles. The van der Waals surface area contributed by atoms with E-state index in [0.717, 1.165) is 0 Å². The third kappa shape index (κ3) is 6.86. The lowest BCUT2D eigenvalue weighted by atomic mass is 10.2. The highest BCUT2D eigenvalue weighted by Gasteiger charge is 2.17. The fourth-order valence-corrected chi connectivity index (χ4v) is 1.41. The first-order valence-corrected chi connectivity index (χ1v) is 6.37. The summed E-state index contributed by atoms with van der Waals surface area (Å²) in [6.45, 7) is 7.56. The number of ether oxygens (including phenoxy) is 2. The van der Waals surface area contributed by atoms with Gasteiger partial charge in [0.05, 0.1) is 17.3 Å². The normalized spacial score (nSPS) is 12.7. The smallest absolute Gasteiger partial charge is 0.407 e. The highest BCUT2D eigenvalue weighted by atomic mass is 35.5. The van der Waals surface area contributed by atoms with Crippen LogP contribution in [0, 0.1) is 0 Å². The van der Waals surface area contributed by atoms with E-state index in [0.29, 0.717) is 17.4 Å². The fraction of sp³-hybridized carbons (Fsp3) is 0.538. The van der Waals surface area contributed by atoms with Crippen molar-refractivity contribution in [2.75, 3.05) is 6.61 Å². The number of nitrogens with zero attached hydrogens (tertiary/aromatic N) is 1. The zero-order chi connectivity index (χ0) is 14.5. The number of hydrogen-bond donors (Lipinski definition) is 1. The molecule has 1 heterocycles. The molecule has 0 aliphatic carbocycles. The van der Waals surface area contributed by atoms with E-state index in [9.17, 15) is 4.79 Å². The van der Waals surface area contributed by atoms with Crippen LogP contribution in [0.15, 0.2) is 18.5 Å². The minimum atomic E-state index is -0.512. The maximum absolute atomic E-state index is 11.5. The van der Waals surface area contributed by atoms with Crippen molar-refractivity contribution in [1.82, 2.24) is 10.3 Å². The molecule has 0 spiro atoms. The summed E-state index contributed by atoms with van der Waals surface area (Å²) in [6, 6.07) is 1.48. The molecule has 1 rings (SSSR count). The Balaban J connectivity index is 2.36. The molecule has 1 aromatic rings. The predicted molar refractivity (Wildman–Crippen MR) is 73.6 cm³/mol. The van der Waals surface area contributed by atoms with Gasteiger partial charge in [0.25, 0.3) is 0 Å². The Bertz CT molecular complexity index is 432. The average Bonchev–Trinajstić information content (AvgIpc) is 2.23. The van der Waals surface area contributed by atoms with Crippen LogP contribution < -0.4 is 10.1 Å². The monoisotopic (exact) mass is 286 g/mol. The zero-order valence-corrected chi connectivity index (χ0v) is 12.3. The molecule has 0 aliphatic rings. The van der Waals surface area contributed by atoms with Gasteiger partial charge < -0.3 is 14.8 Å². The van der Waals surface area contributed by atoms with Gasteiger partial charge in [0.1, 0.15) is 18.0 Å². The van der Waals surface area contributed by atoms with Gasteiger partial charge in [-0.2, -0.15) is 0 Å². The maximum atomic E-state index is 11.5. The topological polar surface area (TPSA) is 60.5 Å². The second-order valence-corrected chi connectivity index (χ2v) is 5.63. The summed E-state index contributed by atoms with van der Waals surface area (Å²) in [7, 11) is 0. The van der Waals surface area contributed by atoms with Gasteiger partial charge >= 0.3 is 6.09 Å². The number of amides is 1. The summed E-state index contributed by atoms with van der Waals surface area (Å²) in [5, 5.41) is 3.19. The lowest BCUT2D eigenvalue weighted by Gasteiger charge is -2.22. The van der Waals surface area contributed by atoms with Crippen molar-refractivity contribution in [2.24, 2.45) is 0 Å². The van der Waals surface area contributed by atoms with E-state index in [4.69, 9.17) is 21.1 Å². The molecular weight excluding hydrogens is 268 g/mol. The van der Waals surface area contributed by atoms with Gasteiger partial charge in [-0.05, 0) is 27.7 Å². The average molecular weight is 287 g/mol. The van der Waals surface area contributed by atoms with Crippen molar-refractivity contribution >= 4 is 17.7 Å². The third-order valence-electron chi connectivity index (χ3n) is 1.94. The number of aromatic nitrogens is 1. The van der Waals surface area contributed by atoms with Crippen LogP contribution in [-0.2, 0) is 4.74 Å². The Morgan fingerprint density at radius 1 is 1.47 bits per heavy atom. The first kappa shape index (κ1) is 15.6. The number of rotatable bonds is 4. The van der Waals surface area contributed by atoms with E-state index in [1.54, 1.807) is 12.3 Å². The number of pyridine rings is 1. The summed E-state index contributed by atoms with van der Waals surface area (Å²) in [4.78, 5) is 15.4. The first-order chi connectivity index (χ1) is 8.76. The number of alkyl carbamates (subject to hydrolysis) is 1. The highest BCUT2D eigenvalue weighted by molar-refractivity contribution is 6.30. The SMILES string of the molecule is C[C@@H](COc1cncc(Cl)c1)NC(=O)OC(C)(C)C. The molecule has 19 heavy (non-hydrogen) atoms. The van der Waals surface area contributed by atoms with Gasteiger partial charge in [0.2, 0.25) is 0 Å². The van der Waals surface area contributed by atoms with Gasteiger partial charge in [-0.15, -0.1) is 0 Å².